The predicted octanol–water partition coefficient (Wildman–Crippen LogP) is 17.7. The van der Waals surface area contributed by atoms with Crippen LogP contribution in [0.5, 0.6) is 0 Å². The minimum atomic E-state index is -0.0474. The van der Waals surface area contributed by atoms with E-state index in [1.807, 2.05) is 0 Å². The minimum Gasteiger partial charge on any atom is -0.311 e. The van der Waals surface area contributed by atoms with Gasteiger partial charge in [0.2, 0.25) is 0 Å². The smallest absolute Gasteiger partial charge is 0.252 e. The van der Waals surface area contributed by atoms with Crippen LogP contribution in [0.15, 0.2) is 291 Å². The van der Waals surface area contributed by atoms with E-state index in [2.05, 4.69) is 306 Å². The van der Waals surface area contributed by atoms with Crippen LogP contribution in [0.3, 0.4) is 0 Å². The molecule has 76 heavy (non-hydrogen) atoms. The van der Waals surface area contributed by atoms with E-state index in [0.717, 1.165) is 45.4 Å². The summed E-state index contributed by atoms with van der Waals surface area (Å²) in [5.74, 6) is 0. The number of benzene rings is 13. The zero-order chi connectivity index (χ0) is 50.1. The van der Waals surface area contributed by atoms with Gasteiger partial charge in [-0.05, 0) is 161 Å². The third-order valence-electron chi connectivity index (χ3n) is 15.8. The van der Waals surface area contributed by atoms with Gasteiger partial charge < -0.3 is 14.7 Å². The van der Waals surface area contributed by atoms with Crippen molar-refractivity contribution in [1.82, 2.24) is 0 Å². The fourth-order valence-electron chi connectivity index (χ4n) is 12.6. The van der Waals surface area contributed by atoms with E-state index < -0.39 is 0 Å². The van der Waals surface area contributed by atoms with Gasteiger partial charge in [-0.15, -0.1) is 0 Å². The minimum absolute atomic E-state index is 0.0474. The van der Waals surface area contributed by atoms with Crippen molar-refractivity contribution in [3.63, 3.8) is 0 Å². The average Bonchev–Trinajstić information content (AvgIpc) is 3.60. The molecule has 3 nitrogen and oxygen atoms in total. The van der Waals surface area contributed by atoms with Gasteiger partial charge in [-0.3, -0.25) is 0 Å². The molecule has 0 fully saturated rings. The summed E-state index contributed by atoms with van der Waals surface area (Å²) in [6.45, 7) is -0.0474. The Bertz CT molecular complexity index is 4250. The first-order valence-electron chi connectivity index (χ1n) is 26.3. The zero-order valence-electron chi connectivity index (χ0n) is 41.6. The van der Waals surface area contributed by atoms with Crippen LogP contribution in [-0.4, -0.2) is 6.71 Å². The molecule has 0 bridgehead atoms. The molecule has 2 heterocycles. The molecule has 0 radical (unpaired) electrons. The van der Waals surface area contributed by atoms with Crippen molar-refractivity contribution in [2.75, 3.05) is 14.7 Å². The third kappa shape index (κ3) is 6.99. The third-order valence-corrected chi connectivity index (χ3v) is 15.8. The molecule has 0 amide bonds. The Morgan fingerprint density at radius 2 is 0.724 bits per heavy atom. The van der Waals surface area contributed by atoms with Gasteiger partial charge in [-0.2, -0.15) is 0 Å². The standard InChI is InChI=1S/C72H48BN3/c1-5-24-53(25-6-1)74(54-26-7-2-8-27-54)57-44-45-65-67(48-57)76(56-30-11-4-12-31-56)69-47-52(46-68-72(69)73(65)64-38-19-20-39-66(64)75(68)55-28-9-3-10-29-55)71-62-35-17-15-33-60(62)70(61-34-16-18-36-63(61)71)51-42-40-50(41-43-51)59-37-21-23-49-22-13-14-32-58(49)59/h1-48H. The van der Waals surface area contributed by atoms with Gasteiger partial charge in [0, 0.05) is 51.2 Å². The normalized spacial score (nSPS) is 12.4. The maximum absolute atomic E-state index is 2.54. The molecule has 0 atom stereocenters. The van der Waals surface area contributed by atoms with Crippen LogP contribution < -0.4 is 31.1 Å². The molecule has 4 heteroatoms. The Hall–Kier alpha value is -9.90. The molecule has 0 spiro atoms. The van der Waals surface area contributed by atoms with Crippen LogP contribution in [0.2, 0.25) is 0 Å². The maximum Gasteiger partial charge on any atom is 0.252 e. The Morgan fingerprint density at radius 3 is 1.32 bits per heavy atom. The number of anilines is 9. The van der Waals surface area contributed by atoms with E-state index in [-0.39, 0.29) is 6.71 Å². The van der Waals surface area contributed by atoms with E-state index in [9.17, 15) is 0 Å². The quantitative estimate of drug-likeness (QED) is 0.111. The van der Waals surface area contributed by atoms with Crippen LogP contribution in [0.1, 0.15) is 0 Å². The molecule has 2 aliphatic rings. The first-order valence-corrected chi connectivity index (χ1v) is 26.3. The number of para-hydroxylation sites is 5. The lowest BCUT2D eigenvalue weighted by atomic mass is 9.33. The maximum atomic E-state index is 2.54. The van der Waals surface area contributed by atoms with Gasteiger partial charge in [0.25, 0.3) is 6.71 Å². The second kappa shape index (κ2) is 17.9. The molecule has 13 aromatic rings. The zero-order valence-corrected chi connectivity index (χ0v) is 41.6. The molecular weight excluding hydrogens is 918 g/mol. The number of fused-ring (bicyclic) bond motifs is 7. The first kappa shape index (κ1) is 43.7. The summed E-state index contributed by atoms with van der Waals surface area (Å²) >= 11 is 0. The second-order valence-electron chi connectivity index (χ2n) is 20.0. The second-order valence-corrected chi connectivity index (χ2v) is 20.0. The molecule has 0 aromatic heterocycles. The van der Waals surface area contributed by atoms with Crippen LogP contribution in [0.4, 0.5) is 51.2 Å². The van der Waals surface area contributed by atoms with E-state index in [4.69, 9.17) is 0 Å². The highest BCUT2D eigenvalue weighted by atomic mass is 15.2. The summed E-state index contributed by atoms with van der Waals surface area (Å²) in [6, 6.07) is 107. The lowest BCUT2D eigenvalue weighted by molar-refractivity contribution is 1.24. The first-order chi connectivity index (χ1) is 37.7. The highest BCUT2D eigenvalue weighted by Crippen LogP contribution is 2.50. The summed E-state index contributed by atoms with van der Waals surface area (Å²) in [7, 11) is 0. The Balaban J connectivity index is 0.999. The summed E-state index contributed by atoms with van der Waals surface area (Å²) in [5, 5.41) is 7.39. The molecule has 0 saturated carbocycles. The van der Waals surface area contributed by atoms with Crippen molar-refractivity contribution in [3.8, 4) is 33.4 Å². The van der Waals surface area contributed by atoms with Crippen molar-refractivity contribution in [2.45, 2.75) is 0 Å². The van der Waals surface area contributed by atoms with E-state index in [0.29, 0.717) is 0 Å². The van der Waals surface area contributed by atoms with Crippen molar-refractivity contribution >= 4 is 107 Å². The topological polar surface area (TPSA) is 9.72 Å². The molecular formula is C72H48BN3. The number of rotatable bonds is 8. The summed E-state index contributed by atoms with van der Waals surface area (Å²) in [6.07, 6.45) is 0. The monoisotopic (exact) mass is 965 g/mol. The summed E-state index contributed by atoms with van der Waals surface area (Å²) in [5.41, 5.74) is 21.3. The van der Waals surface area contributed by atoms with Crippen molar-refractivity contribution in [3.05, 3.63) is 291 Å². The lowest BCUT2D eigenvalue weighted by Crippen LogP contribution is -2.61. The lowest BCUT2D eigenvalue weighted by Gasteiger charge is -2.44. The molecule has 15 rings (SSSR count). The Morgan fingerprint density at radius 1 is 0.276 bits per heavy atom. The SMILES string of the molecule is c1ccc(N(c2ccccc2)c2ccc3c(c2)N(c2ccccc2)c2cc(-c4c5ccccc5c(-c5ccc(-c6cccc7ccccc67)cc5)c5ccccc45)cc4c2B3c2ccccc2N4c2ccccc2)cc1. The van der Waals surface area contributed by atoms with Crippen molar-refractivity contribution in [1.29, 1.82) is 0 Å². The summed E-state index contributed by atoms with van der Waals surface area (Å²) in [4.78, 5) is 7.43. The molecule has 0 N–H and O–H groups in total. The molecule has 0 unspecified atom stereocenters. The van der Waals surface area contributed by atoms with E-state index in [1.165, 1.54) is 87.9 Å². The highest BCUT2D eigenvalue weighted by molar-refractivity contribution is 7.00. The van der Waals surface area contributed by atoms with Crippen LogP contribution in [-0.2, 0) is 0 Å². The van der Waals surface area contributed by atoms with Gasteiger partial charge in [0.1, 0.15) is 0 Å². The van der Waals surface area contributed by atoms with E-state index >= 15 is 0 Å². The molecule has 13 aromatic carbocycles. The fourth-order valence-corrected chi connectivity index (χ4v) is 12.6. The largest absolute Gasteiger partial charge is 0.311 e. The molecule has 2 aliphatic heterocycles. The van der Waals surface area contributed by atoms with Crippen LogP contribution >= 0.6 is 0 Å². The Kier molecular flexibility index (Phi) is 10.3. The summed E-state index contributed by atoms with van der Waals surface area (Å²) < 4.78 is 0. The van der Waals surface area contributed by atoms with Gasteiger partial charge in [-0.25, -0.2) is 0 Å². The Labute approximate surface area is 443 Å². The number of nitrogens with zero attached hydrogens (tertiary/aromatic N) is 3. The van der Waals surface area contributed by atoms with Crippen LogP contribution in [0, 0.1) is 0 Å². The van der Waals surface area contributed by atoms with Gasteiger partial charge in [0.05, 0.1) is 0 Å². The van der Waals surface area contributed by atoms with Crippen LogP contribution in [0.25, 0.3) is 65.7 Å². The van der Waals surface area contributed by atoms with Crippen molar-refractivity contribution in [2.24, 2.45) is 0 Å². The highest BCUT2D eigenvalue weighted by Gasteiger charge is 2.44. The van der Waals surface area contributed by atoms with Gasteiger partial charge >= 0.3 is 0 Å². The fraction of sp³-hybridized carbons (Fsp3) is 0. The van der Waals surface area contributed by atoms with Gasteiger partial charge in [-0.1, -0.05) is 212 Å². The molecule has 0 aliphatic carbocycles. The average molecular weight is 966 g/mol. The van der Waals surface area contributed by atoms with E-state index in [1.54, 1.807) is 0 Å². The predicted molar refractivity (Wildman–Crippen MR) is 324 cm³/mol. The number of hydrogen-bond acceptors (Lipinski definition) is 3. The van der Waals surface area contributed by atoms with Crippen molar-refractivity contribution < 1.29 is 0 Å². The van der Waals surface area contributed by atoms with Gasteiger partial charge in [0.15, 0.2) is 0 Å². The molecule has 0 saturated heterocycles. The molecule has 354 valence electrons. The number of hydrogen-bond donors (Lipinski definition) is 0.